The zero-order valence-electron chi connectivity index (χ0n) is 18.2. The molecule has 3 aromatic rings. The van der Waals surface area contributed by atoms with Gasteiger partial charge in [0.1, 0.15) is 18.2 Å². The summed E-state index contributed by atoms with van der Waals surface area (Å²) in [5.41, 5.74) is 5.07. The molecule has 1 saturated heterocycles. The van der Waals surface area contributed by atoms with Gasteiger partial charge in [0.25, 0.3) is 0 Å². The van der Waals surface area contributed by atoms with Crippen LogP contribution in [0.4, 0.5) is 4.39 Å². The summed E-state index contributed by atoms with van der Waals surface area (Å²) >= 11 is 0. The van der Waals surface area contributed by atoms with Crippen molar-refractivity contribution in [3.05, 3.63) is 83.2 Å². The quantitative estimate of drug-likeness (QED) is 0.589. The summed E-state index contributed by atoms with van der Waals surface area (Å²) in [6, 6.07) is 12.8. The van der Waals surface area contributed by atoms with Crippen molar-refractivity contribution in [1.82, 2.24) is 14.5 Å². The highest BCUT2D eigenvalue weighted by Gasteiger charge is 2.33. The highest BCUT2D eigenvalue weighted by molar-refractivity contribution is 6.03. The van der Waals surface area contributed by atoms with E-state index in [2.05, 4.69) is 27.2 Å². The number of amidine groups is 1. The lowest BCUT2D eigenvalue weighted by Crippen LogP contribution is -2.44. The van der Waals surface area contributed by atoms with Gasteiger partial charge in [-0.05, 0) is 66.8 Å². The minimum Gasteiger partial charge on any atom is -0.495 e. The predicted molar refractivity (Wildman–Crippen MR) is 121 cm³/mol. The molecule has 0 saturated carbocycles. The summed E-state index contributed by atoms with van der Waals surface area (Å²) in [6.45, 7) is 3.31. The van der Waals surface area contributed by atoms with Crippen LogP contribution in [0.25, 0.3) is 11.8 Å². The fourth-order valence-electron chi connectivity index (χ4n) is 4.36. The largest absolute Gasteiger partial charge is 0.495 e. The normalized spacial score (nSPS) is 19.3. The number of nitrogens with zero attached hydrogens (tertiary/aromatic N) is 4. The van der Waals surface area contributed by atoms with Crippen molar-refractivity contribution < 1.29 is 14.0 Å². The Morgan fingerprint density at radius 2 is 2.03 bits per heavy atom. The van der Waals surface area contributed by atoms with Gasteiger partial charge in [0.15, 0.2) is 5.84 Å². The monoisotopic (exact) mass is 432 g/mol. The summed E-state index contributed by atoms with van der Waals surface area (Å²) in [7, 11) is 1.67. The Morgan fingerprint density at radius 1 is 1.19 bits per heavy atom. The van der Waals surface area contributed by atoms with Gasteiger partial charge in [-0.15, -0.1) is 0 Å². The zero-order valence-corrected chi connectivity index (χ0v) is 18.2. The first-order valence-electron chi connectivity index (χ1n) is 10.7. The predicted octanol–water partition coefficient (Wildman–Crippen LogP) is 4.89. The molecule has 0 spiro atoms. The third-order valence-electron chi connectivity index (χ3n) is 5.95. The number of aromatic nitrogens is 2. The third-order valence-corrected chi connectivity index (χ3v) is 5.95. The molecule has 3 heterocycles. The van der Waals surface area contributed by atoms with Gasteiger partial charge in [-0.25, -0.2) is 9.37 Å². The molecule has 32 heavy (non-hydrogen) atoms. The molecular formula is C25H25FN4O2. The molecule has 0 unspecified atom stereocenters. The van der Waals surface area contributed by atoms with E-state index in [0.717, 1.165) is 59.1 Å². The Morgan fingerprint density at radius 3 is 2.78 bits per heavy atom. The summed E-state index contributed by atoms with van der Waals surface area (Å²) in [5.74, 6) is 1.39. The molecule has 0 radical (unpaired) electrons. The van der Waals surface area contributed by atoms with Crippen LogP contribution in [-0.2, 0) is 4.84 Å². The third kappa shape index (κ3) is 3.86. The van der Waals surface area contributed by atoms with E-state index in [1.807, 2.05) is 42.0 Å². The number of imidazole rings is 1. The minimum atomic E-state index is -0.234. The van der Waals surface area contributed by atoms with E-state index in [9.17, 15) is 4.39 Å². The van der Waals surface area contributed by atoms with Crippen LogP contribution >= 0.6 is 0 Å². The Bertz CT molecular complexity index is 1180. The van der Waals surface area contributed by atoms with Crippen molar-refractivity contribution >= 4 is 11.9 Å². The molecule has 164 valence electrons. The van der Waals surface area contributed by atoms with Gasteiger partial charge < -0.3 is 19.0 Å². The van der Waals surface area contributed by atoms with E-state index in [4.69, 9.17) is 9.57 Å². The van der Waals surface area contributed by atoms with Gasteiger partial charge in [-0.1, -0.05) is 23.4 Å². The molecule has 1 atom stereocenters. The lowest BCUT2D eigenvalue weighted by molar-refractivity contribution is 0.0575. The molecule has 6 nitrogen and oxygen atoms in total. The molecule has 0 aliphatic carbocycles. The topological polar surface area (TPSA) is 51.9 Å². The molecule has 0 N–H and O–H groups in total. The number of piperidine rings is 1. The van der Waals surface area contributed by atoms with Crippen molar-refractivity contribution in [3.8, 4) is 11.4 Å². The average molecular weight is 432 g/mol. The molecular weight excluding hydrogens is 407 g/mol. The first-order chi connectivity index (χ1) is 15.6. The number of fused-ring (bicyclic) bond motifs is 1. The van der Waals surface area contributed by atoms with Crippen LogP contribution in [0.1, 0.15) is 35.7 Å². The van der Waals surface area contributed by atoms with Gasteiger partial charge in [0.05, 0.1) is 30.9 Å². The lowest BCUT2D eigenvalue weighted by atomic mass is 9.96. The number of aryl methyl sites for hydroxylation is 1. The van der Waals surface area contributed by atoms with Gasteiger partial charge in [-0.2, -0.15) is 0 Å². The van der Waals surface area contributed by atoms with Crippen LogP contribution in [0.2, 0.25) is 0 Å². The molecule has 2 aromatic carbocycles. The second-order valence-corrected chi connectivity index (χ2v) is 8.10. The van der Waals surface area contributed by atoms with Gasteiger partial charge >= 0.3 is 0 Å². The van der Waals surface area contributed by atoms with Crippen LogP contribution in [0.5, 0.6) is 5.75 Å². The Hall–Kier alpha value is -3.61. The summed E-state index contributed by atoms with van der Waals surface area (Å²) in [4.78, 5) is 12.2. The maximum atomic E-state index is 13.4. The average Bonchev–Trinajstić information content (AvgIpc) is 3.25. The van der Waals surface area contributed by atoms with Crippen LogP contribution < -0.4 is 4.74 Å². The maximum absolute atomic E-state index is 13.4. The van der Waals surface area contributed by atoms with Crippen LogP contribution in [0.15, 0.2) is 65.7 Å². The fourth-order valence-corrected chi connectivity index (χ4v) is 4.36. The van der Waals surface area contributed by atoms with Gasteiger partial charge in [-0.3, -0.25) is 0 Å². The first-order valence-corrected chi connectivity index (χ1v) is 10.7. The van der Waals surface area contributed by atoms with E-state index in [0.29, 0.717) is 6.61 Å². The minimum absolute atomic E-state index is 0.0215. The number of hydrogen-bond donors (Lipinski definition) is 0. The van der Waals surface area contributed by atoms with Crippen molar-refractivity contribution in [1.29, 1.82) is 0 Å². The Kier molecular flexibility index (Phi) is 5.39. The number of benzene rings is 2. The maximum Gasteiger partial charge on any atom is 0.172 e. The van der Waals surface area contributed by atoms with E-state index in [-0.39, 0.29) is 11.9 Å². The number of halogens is 1. The summed E-state index contributed by atoms with van der Waals surface area (Å²) < 4.78 is 21.0. The number of oxime groups is 1. The number of methoxy groups -OCH3 is 1. The number of hydrogen-bond acceptors (Lipinski definition) is 5. The Balaban J connectivity index is 1.45. The van der Waals surface area contributed by atoms with Crippen molar-refractivity contribution in [2.75, 3.05) is 20.3 Å². The molecule has 0 bridgehead atoms. The molecule has 1 aromatic heterocycles. The molecule has 1 fully saturated rings. The van der Waals surface area contributed by atoms with Gasteiger partial charge in [0.2, 0.25) is 0 Å². The molecule has 0 amide bonds. The highest BCUT2D eigenvalue weighted by Crippen LogP contribution is 2.33. The van der Waals surface area contributed by atoms with Crippen LogP contribution in [0, 0.1) is 12.7 Å². The van der Waals surface area contributed by atoms with Gasteiger partial charge in [0, 0.05) is 12.7 Å². The number of rotatable bonds is 4. The van der Waals surface area contributed by atoms with E-state index in [1.54, 1.807) is 13.4 Å². The summed E-state index contributed by atoms with van der Waals surface area (Å²) in [6.07, 6.45) is 7.84. The highest BCUT2D eigenvalue weighted by atomic mass is 19.1. The fraction of sp³-hybridized carbons (Fsp3) is 0.280. The van der Waals surface area contributed by atoms with E-state index in [1.165, 1.54) is 12.1 Å². The van der Waals surface area contributed by atoms with Crippen molar-refractivity contribution in [3.63, 3.8) is 0 Å². The van der Waals surface area contributed by atoms with E-state index < -0.39 is 0 Å². The standard InChI is InChI=1S/C25H25FN4O2/c1-17-14-29(16-27-17)22-10-5-18(13-24(22)31-2)12-20-4-3-11-30-23(15-32-28-25(20)30)19-6-8-21(26)9-7-19/h5-10,12-14,16,23H,3-4,11,15H2,1-2H3/b20-12+/t23-/m1/s1. The Labute approximate surface area is 186 Å². The zero-order chi connectivity index (χ0) is 22.1. The molecule has 2 aliphatic heterocycles. The second-order valence-electron chi connectivity index (χ2n) is 8.10. The van der Waals surface area contributed by atoms with Crippen LogP contribution in [0.3, 0.4) is 0 Å². The van der Waals surface area contributed by atoms with Crippen molar-refractivity contribution in [2.24, 2.45) is 5.16 Å². The van der Waals surface area contributed by atoms with E-state index >= 15 is 0 Å². The lowest BCUT2D eigenvalue weighted by Gasteiger charge is -2.40. The smallest absolute Gasteiger partial charge is 0.172 e. The molecule has 7 heteroatoms. The van der Waals surface area contributed by atoms with Crippen molar-refractivity contribution in [2.45, 2.75) is 25.8 Å². The van der Waals surface area contributed by atoms with Crippen LogP contribution in [-0.4, -0.2) is 40.5 Å². The second kappa shape index (κ2) is 8.49. The number of ether oxygens (including phenoxy) is 1. The SMILES string of the molecule is COc1cc(/C=C2\CCCN3C2=NOC[C@@H]3c2ccc(F)cc2)ccc1-n1cnc(C)c1. The molecule has 5 rings (SSSR count). The molecule has 2 aliphatic rings. The first kappa shape index (κ1) is 20.3. The summed E-state index contributed by atoms with van der Waals surface area (Å²) in [5, 5.41) is 4.39.